The van der Waals surface area contributed by atoms with Crippen LogP contribution in [0.25, 0.3) is 0 Å². The van der Waals surface area contributed by atoms with Gasteiger partial charge in [-0.1, -0.05) is 0 Å². The Morgan fingerprint density at radius 1 is 1.45 bits per heavy atom. The Morgan fingerprint density at radius 2 is 1.91 bits per heavy atom. The summed E-state index contributed by atoms with van der Waals surface area (Å²) in [6, 6.07) is 0. The molecule has 0 aromatic rings. The van der Waals surface area contributed by atoms with E-state index in [1.807, 2.05) is 0 Å². The first-order chi connectivity index (χ1) is 4.95. The summed E-state index contributed by atoms with van der Waals surface area (Å²) >= 11 is 0. The van der Waals surface area contributed by atoms with Gasteiger partial charge in [0.15, 0.2) is 0 Å². The van der Waals surface area contributed by atoms with Crippen LogP contribution in [0.15, 0.2) is 0 Å². The Hall–Kier alpha value is -1.10. The zero-order chi connectivity index (χ0) is 9.02. The second-order valence-corrected chi connectivity index (χ2v) is 2.42. The molecule has 5 nitrogen and oxygen atoms in total. The zero-order valence-electron chi connectivity index (χ0n) is 6.28. The first kappa shape index (κ1) is 9.90. The number of rotatable bonds is 4. The van der Waals surface area contributed by atoms with E-state index in [-0.39, 0.29) is 6.42 Å². The molecule has 0 radical (unpaired) electrons. The lowest BCUT2D eigenvalue weighted by Gasteiger charge is -2.13. The van der Waals surface area contributed by atoms with Crippen LogP contribution < -0.4 is 11.5 Å². The summed E-state index contributed by atoms with van der Waals surface area (Å²) < 4.78 is 0. The third-order valence-corrected chi connectivity index (χ3v) is 1.37. The predicted molar refractivity (Wildman–Crippen MR) is 38.2 cm³/mol. The molecule has 64 valence electrons. The number of nitrogens with two attached hydrogens (primary N) is 2. The summed E-state index contributed by atoms with van der Waals surface area (Å²) in [4.78, 5) is 20.9. The summed E-state index contributed by atoms with van der Waals surface area (Å²) in [7, 11) is 0. The van der Waals surface area contributed by atoms with Crippen molar-refractivity contribution >= 4 is 11.8 Å². The van der Waals surface area contributed by atoms with Crippen molar-refractivity contribution in [2.45, 2.75) is 19.4 Å². The monoisotopic (exact) mass is 160 g/mol. The normalized spacial score (nSPS) is 15.5. The van der Waals surface area contributed by atoms with Gasteiger partial charge in [0, 0.05) is 6.42 Å². The second kappa shape index (κ2) is 3.92. The van der Waals surface area contributed by atoms with E-state index >= 15 is 0 Å². The number of aliphatic hydroxyl groups is 1. The van der Waals surface area contributed by atoms with Gasteiger partial charge in [-0.25, -0.2) is 0 Å². The van der Waals surface area contributed by atoms with Gasteiger partial charge in [-0.3, -0.25) is 9.59 Å². The highest BCUT2D eigenvalue weighted by molar-refractivity contribution is 5.84. The third kappa shape index (κ3) is 3.57. The minimum Gasteiger partial charge on any atom is -0.393 e. The fourth-order valence-corrected chi connectivity index (χ4v) is 0.726. The van der Waals surface area contributed by atoms with Crippen LogP contribution in [0.5, 0.6) is 0 Å². The molecular formula is C6H12N2O3. The summed E-state index contributed by atoms with van der Waals surface area (Å²) in [5.74, 6) is -2.22. The molecule has 0 spiro atoms. The van der Waals surface area contributed by atoms with E-state index in [9.17, 15) is 9.59 Å². The van der Waals surface area contributed by atoms with Gasteiger partial charge < -0.3 is 16.6 Å². The molecule has 0 saturated heterocycles. The van der Waals surface area contributed by atoms with Crippen LogP contribution in [-0.2, 0) is 9.59 Å². The molecule has 0 bridgehead atoms. The Balaban J connectivity index is 4.12. The van der Waals surface area contributed by atoms with Crippen LogP contribution in [0, 0.1) is 5.92 Å². The maximum absolute atomic E-state index is 10.5. The first-order valence-electron chi connectivity index (χ1n) is 3.20. The van der Waals surface area contributed by atoms with Gasteiger partial charge in [-0.05, 0) is 6.92 Å². The van der Waals surface area contributed by atoms with Gasteiger partial charge in [0.1, 0.15) is 0 Å². The number of primary amides is 2. The summed E-state index contributed by atoms with van der Waals surface area (Å²) in [6.45, 7) is 1.39. The molecule has 0 aliphatic heterocycles. The zero-order valence-corrected chi connectivity index (χ0v) is 6.28. The molecule has 2 atom stereocenters. The molecule has 0 heterocycles. The Kier molecular flexibility index (Phi) is 3.53. The summed E-state index contributed by atoms with van der Waals surface area (Å²) in [5.41, 5.74) is 9.69. The van der Waals surface area contributed by atoms with Gasteiger partial charge in [-0.2, -0.15) is 0 Å². The standard InChI is InChI=1S/C6H12N2O3/c1-3(9)4(6(8)11)2-5(7)10/h3-4,9H,2H2,1H3,(H2,7,10)(H2,8,11). The molecular weight excluding hydrogens is 148 g/mol. The molecule has 5 heteroatoms. The van der Waals surface area contributed by atoms with Crippen molar-refractivity contribution in [3.05, 3.63) is 0 Å². The van der Waals surface area contributed by atoms with Gasteiger partial charge >= 0.3 is 0 Å². The largest absolute Gasteiger partial charge is 0.393 e. The molecule has 0 saturated carbocycles. The predicted octanol–water partition coefficient (Wildman–Crippen LogP) is -1.66. The van der Waals surface area contributed by atoms with Crippen molar-refractivity contribution in [1.29, 1.82) is 0 Å². The van der Waals surface area contributed by atoms with E-state index in [0.29, 0.717) is 0 Å². The third-order valence-electron chi connectivity index (χ3n) is 1.37. The second-order valence-electron chi connectivity index (χ2n) is 2.42. The van der Waals surface area contributed by atoms with E-state index in [1.54, 1.807) is 0 Å². The number of carbonyl (C=O) groups is 2. The fourth-order valence-electron chi connectivity index (χ4n) is 0.726. The highest BCUT2D eigenvalue weighted by atomic mass is 16.3. The van der Waals surface area contributed by atoms with Gasteiger partial charge in [-0.15, -0.1) is 0 Å². The number of hydrogen-bond donors (Lipinski definition) is 3. The lowest BCUT2D eigenvalue weighted by molar-refractivity contribution is -0.130. The molecule has 0 aromatic carbocycles. The Bertz CT molecular complexity index is 167. The summed E-state index contributed by atoms with van der Waals surface area (Å²) in [5, 5.41) is 8.92. The van der Waals surface area contributed by atoms with Crippen molar-refractivity contribution in [3.8, 4) is 0 Å². The highest BCUT2D eigenvalue weighted by Crippen LogP contribution is 2.06. The van der Waals surface area contributed by atoms with Crippen molar-refractivity contribution in [2.75, 3.05) is 0 Å². The molecule has 0 aliphatic rings. The number of hydrogen-bond acceptors (Lipinski definition) is 3. The van der Waals surface area contributed by atoms with Crippen molar-refractivity contribution in [1.82, 2.24) is 0 Å². The van der Waals surface area contributed by atoms with E-state index < -0.39 is 23.8 Å². The van der Waals surface area contributed by atoms with Crippen LogP contribution in [0.3, 0.4) is 0 Å². The van der Waals surface area contributed by atoms with E-state index in [1.165, 1.54) is 6.92 Å². The van der Waals surface area contributed by atoms with Crippen LogP contribution in [-0.4, -0.2) is 23.0 Å². The molecule has 0 aromatic heterocycles. The van der Waals surface area contributed by atoms with Gasteiger partial charge in [0.2, 0.25) is 11.8 Å². The number of amides is 2. The lowest BCUT2D eigenvalue weighted by atomic mass is 9.99. The maximum atomic E-state index is 10.5. The average molecular weight is 160 g/mol. The average Bonchev–Trinajstić information content (AvgIpc) is 1.81. The van der Waals surface area contributed by atoms with Crippen LogP contribution in [0.4, 0.5) is 0 Å². The quantitative estimate of drug-likeness (QED) is 0.458. The molecule has 2 amide bonds. The lowest BCUT2D eigenvalue weighted by Crippen LogP contribution is -2.35. The van der Waals surface area contributed by atoms with E-state index in [4.69, 9.17) is 16.6 Å². The smallest absolute Gasteiger partial charge is 0.223 e. The van der Waals surface area contributed by atoms with E-state index in [0.717, 1.165) is 0 Å². The summed E-state index contributed by atoms with van der Waals surface area (Å²) in [6.07, 6.45) is -1.13. The fraction of sp³-hybridized carbons (Fsp3) is 0.667. The van der Waals surface area contributed by atoms with Gasteiger partial charge in [0.25, 0.3) is 0 Å². The molecule has 0 fully saturated rings. The molecule has 11 heavy (non-hydrogen) atoms. The Labute approximate surface area is 64.4 Å². The van der Waals surface area contributed by atoms with Crippen molar-refractivity contribution in [2.24, 2.45) is 17.4 Å². The van der Waals surface area contributed by atoms with Crippen LogP contribution in [0.1, 0.15) is 13.3 Å². The molecule has 0 aliphatic carbocycles. The van der Waals surface area contributed by atoms with Gasteiger partial charge in [0.05, 0.1) is 12.0 Å². The number of aliphatic hydroxyl groups excluding tert-OH is 1. The van der Waals surface area contributed by atoms with Crippen LogP contribution >= 0.6 is 0 Å². The SMILES string of the molecule is CC(O)C(CC(N)=O)C(N)=O. The minimum absolute atomic E-state index is 0.201. The van der Waals surface area contributed by atoms with Crippen molar-refractivity contribution < 1.29 is 14.7 Å². The molecule has 2 unspecified atom stereocenters. The molecule has 0 rings (SSSR count). The van der Waals surface area contributed by atoms with Crippen molar-refractivity contribution in [3.63, 3.8) is 0 Å². The number of carbonyl (C=O) groups excluding carboxylic acids is 2. The molecule has 5 N–H and O–H groups in total. The Morgan fingerprint density at radius 3 is 2.00 bits per heavy atom. The van der Waals surface area contributed by atoms with E-state index in [2.05, 4.69) is 0 Å². The maximum Gasteiger partial charge on any atom is 0.223 e. The minimum atomic E-state index is -0.931. The first-order valence-corrected chi connectivity index (χ1v) is 3.20. The van der Waals surface area contributed by atoms with Crippen LogP contribution in [0.2, 0.25) is 0 Å². The highest BCUT2D eigenvalue weighted by Gasteiger charge is 2.22. The topological polar surface area (TPSA) is 106 Å².